The van der Waals surface area contributed by atoms with Crippen LogP contribution in [0.25, 0.3) is 10.4 Å². The van der Waals surface area contributed by atoms with Gasteiger partial charge in [-0.2, -0.15) is 0 Å². The quantitative estimate of drug-likeness (QED) is 0.0200. The van der Waals surface area contributed by atoms with Crippen LogP contribution in [0.2, 0.25) is 0 Å². The molecule has 390 valence electrons. The molecule has 6 amide bonds. The predicted octanol–water partition coefficient (Wildman–Crippen LogP) is 7.67. The number of carbonyl (C=O) groups excluding carboxylic acids is 6. The average Bonchev–Trinajstić information content (AvgIpc) is 3.29. The highest BCUT2D eigenvalue weighted by atomic mass is 16.6. The van der Waals surface area contributed by atoms with Crippen LogP contribution in [-0.2, 0) is 58.1 Å². The number of alkyl carbamates (subject to hydrolysis) is 3. The molecule has 3 aromatic carbocycles. The van der Waals surface area contributed by atoms with E-state index in [4.69, 9.17) is 30.6 Å². The van der Waals surface area contributed by atoms with E-state index < -0.39 is 41.1 Å². The average molecular weight is 991 g/mol. The predicted molar refractivity (Wildman–Crippen MR) is 269 cm³/mol. The number of azide groups is 1. The van der Waals surface area contributed by atoms with Crippen molar-refractivity contribution in [3.05, 3.63) is 115 Å². The van der Waals surface area contributed by atoms with Gasteiger partial charge < -0.3 is 57.0 Å². The molecule has 0 aromatic heterocycles. The number of amides is 6. The van der Waals surface area contributed by atoms with E-state index >= 15 is 0 Å². The van der Waals surface area contributed by atoms with E-state index in [-0.39, 0.29) is 42.9 Å². The number of nitrogens with two attached hydrogens (primary N) is 1. The van der Waals surface area contributed by atoms with E-state index in [2.05, 4.69) is 41.9 Å². The maximum Gasteiger partial charge on any atom is 0.407 e. The van der Waals surface area contributed by atoms with E-state index in [1.165, 1.54) is 7.05 Å². The summed E-state index contributed by atoms with van der Waals surface area (Å²) in [6, 6.07) is 15.6. The number of nitrogens with one attached hydrogen (secondary N) is 6. The number of unbranched alkanes of at least 4 members (excludes halogenated alkanes) is 1. The zero-order valence-electron chi connectivity index (χ0n) is 43.2. The van der Waals surface area contributed by atoms with Crippen LogP contribution in [0.1, 0.15) is 153 Å². The first-order valence-corrected chi connectivity index (χ1v) is 23.1. The highest BCUT2D eigenvalue weighted by Gasteiger charge is 2.20. The van der Waals surface area contributed by atoms with Gasteiger partial charge in [0.15, 0.2) is 0 Å². The summed E-state index contributed by atoms with van der Waals surface area (Å²) in [5, 5.41) is 28.4. The second kappa shape index (κ2) is 30.3. The van der Waals surface area contributed by atoms with Gasteiger partial charge in [-0.05, 0) is 139 Å². The van der Waals surface area contributed by atoms with Gasteiger partial charge in [-0.25, -0.2) is 19.2 Å². The summed E-state index contributed by atoms with van der Waals surface area (Å²) in [6.07, 6.45) is 0.762. The second-order valence-corrected chi connectivity index (χ2v) is 18.8. The minimum atomic E-state index is -1.01. The standard InChI is InChI=1S/C20H30N6O4.C15H23N3O3.C15H21NO4/c1-20(2,3)30-19(29)24-13-15-11-14(8-9-16(15)18(28)22-4)12-23-17(27)7-5-6-10-25-26-21;1-15(2,3)21-14(20)18-9-11-7-10(8-16)5-6-12(11)13(19)17-4;1-5-10-6-7-12(13(17)18)11(8-10)9-16-14(19)20-15(2,3)4/h8-9,11H,5-7,10,12-13H2,1-4H3,(H,22,28)(H,23,27)(H,24,29);5-7H,8-9,16H2,1-4H3,(H,17,19)(H,18,20);6-8H,5,9H2,1-4H3,(H,16,19)(H,17,18). The van der Waals surface area contributed by atoms with Crippen molar-refractivity contribution < 1.29 is 52.9 Å². The summed E-state index contributed by atoms with van der Waals surface area (Å²) in [4.78, 5) is 84.9. The molecule has 71 heavy (non-hydrogen) atoms. The number of benzene rings is 3. The number of hydrogen-bond acceptors (Lipinski definition) is 12. The molecule has 0 saturated heterocycles. The van der Waals surface area contributed by atoms with Crippen molar-refractivity contribution >= 4 is 42.0 Å². The van der Waals surface area contributed by atoms with Crippen molar-refractivity contribution in [3.63, 3.8) is 0 Å². The van der Waals surface area contributed by atoms with Gasteiger partial charge in [0.25, 0.3) is 11.8 Å². The van der Waals surface area contributed by atoms with Crippen LogP contribution in [0.4, 0.5) is 14.4 Å². The fraction of sp³-hybridized carbons (Fsp3) is 0.500. The molecule has 0 fully saturated rings. The van der Waals surface area contributed by atoms with E-state index in [1.807, 2.05) is 13.0 Å². The normalized spacial score (nSPS) is 10.8. The van der Waals surface area contributed by atoms with Crippen molar-refractivity contribution in [1.29, 1.82) is 0 Å². The molecule has 21 nitrogen and oxygen atoms in total. The Morgan fingerprint density at radius 1 is 0.592 bits per heavy atom. The van der Waals surface area contributed by atoms with Gasteiger partial charge >= 0.3 is 24.2 Å². The lowest BCUT2D eigenvalue weighted by atomic mass is 10.0. The first kappa shape index (κ1) is 61.6. The maximum absolute atomic E-state index is 12.1. The summed E-state index contributed by atoms with van der Waals surface area (Å²) < 4.78 is 15.5. The zero-order valence-corrected chi connectivity index (χ0v) is 43.2. The van der Waals surface area contributed by atoms with Crippen LogP contribution in [0.3, 0.4) is 0 Å². The van der Waals surface area contributed by atoms with Crippen LogP contribution >= 0.6 is 0 Å². The van der Waals surface area contributed by atoms with Gasteiger partial charge in [0.2, 0.25) is 5.91 Å². The lowest BCUT2D eigenvalue weighted by molar-refractivity contribution is -0.121. The van der Waals surface area contributed by atoms with Crippen molar-refractivity contribution in [1.82, 2.24) is 31.9 Å². The monoisotopic (exact) mass is 991 g/mol. The molecule has 3 aromatic rings. The molecule has 21 heteroatoms. The molecule has 9 N–H and O–H groups in total. The van der Waals surface area contributed by atoms with Gasteiger partial charge in [-0.3, -0.25) is 14.4 Å². The molecule has 0 spiro atoms. The number of rotatable bonds is 18. The third kappa shape index (κ3) is 26.3. The largest absolute Gasteiger partial charge is 0.478 e. The third-order valence-corrected chi connectivity index (χ3v) is 9.26. The molecule has 0 radical (unpaired) electrons. The number of aromatic carboxylic acids is 1. The van der Waals surface area contributed by atoms with Gasteiger partial charge in [-0.1, -0.05) is 48.4 Å². The molecule has 0 aliphatic heterocycles. The van der Waals surface area contributed by atoms with E-state index in [1.54, 1.807) is 118 Å². The Morgan fingerprint density at radius 3 is 1.38 bits per heavy atom. The lowest BCUT2D eigenvalue weighted by Gasteiger charge is -2.20. The number of ether oxygens (including phenoxy) is 3. The Bertz CT molecular complexity index is 2330. The summed E-state index contributed by atoms with van der Waals surface area (Å²) >= 11 is 0. The van der Waals surface area contributed by atoms with Crippen LogP contribution in [0.5, 0.6) is 0 Å². The number of carboxylic acid groups (broad SMARTS) is 1. The van der Waals surface area contributed by atoms with Gasteiger partial charge in [-0.15, -0.1) is 0 Å². The first-order valence-electron chi connectivity index (χ1n) is 23.1. The van der Waals surface area contributed by atoms with Gasteiger partial charge in [0, 0.05) is 75.8 Å². The van der Waals surface area contributed by atoms with E-state index in [0.29, 0.717) is 66.7 Å². The highest BCUT2D eigenvalue weighted by Crippen LogP contribution is 2.17. The first-order chi connectivity index (χ1) is 33.1. The van der Waals surface area contributed by atoms with Crippen molar-refractivity contribution in [2.45, 2.75) is 144 Å². The molecule has 0 bridgehead atoms. The fourth-order valence-electron chi connectivity index (χ4n) is 6.00. The Hall–Kier alpha value is -7.38. The minimum Gasteiger partial charge on any atom is -0.478 e. The van der Waals surface area contributed by atoms with Gasteiger partial charge in [0.05, 0.1) is 5.56 Å². The highest BCUT2D eigenvalue weighted by molar-refractivity contribution is 5.96. The SMILES string of the molecule is CCc1ccc(C(=O)O)c(CNC(=O)OC(C)(C)C)c1.CNC(=O)c1ccc(CN)cc1CNC(=O)OC(C)(C)C.CNC(=O)c1ccc(CNC(=O)CCCCN=[N+]=[N-])cc1CNC(=O)OC(C)(C)C. The molecule has 0 saturated carbocycles. The van der Waals surface area contributed by atoms with Gasteiger partial charge in [0.1, 0.15) is 16.8 Å². The number of hydrogen-bond donors (Lipinski definition) is 8. The second-order valence-electron chi connectivity index (χ2n) is 18.8. The van der Waals surface area contributed by atoms with Crippen LogP contribution < -0.4 is 37.6 Å². The Morgan fingerprint density at radius 2 is 0.986 bits per heavy atom. The maximum atomic E-state index is 12.1. The molecular formula is C50H74N10O11. The van der Waals surface area contributed by atoms with Crippen LogP contribution in [0, 0.1) is 0 Å². The molecule has 3 rings (SSSR count). The van der Waals surface area contributed by atoms with Crippen LogP contribution in [0.15, 0.2) is 59.7 Å². The Labute approximate surface area is 416 Å². The lowest BCUT2D eigenvalue weighted by Crippen LogP contribution is -2.33. The third-order valence-electron chi connectivity index (χ3n) is 9.26. The number of aryl methyl sites for hydroxylation is 1. The van der Waals surface area contributed by atoms with E-state index in [0.717, 1.165) is 23.1 Å². The number of carbonyl (C=O) groups is 7. The fourth-order valence-corrected chi connectivity index (χ4v) is 6.00. The molecule has 0 atom stereocenters. The molecule has 0 unspecified atom stereocenters. The van der Waals surface area contributed by atoms with Crippen molar-refractivity contribution in [2.24, 2.45) is 10.8 Å². The summed E-state index contributed by atoms with van der Waals surface area (Å²) in [5.74, 6) is -1.60. The molecule has 0 aliphatic carbocycles. The number of carboxylic acids is 1. The molecular weight excluding hydrogens is 917 g/mol. The minimum absolute atomic E-state index is 0.110. The van der Waals surface area contributed by atoms with E-state index in [9.17, 15) is 33.6 Å². The topological polar surface area (TPSA) is 314 Å². The molecule has 0 aliphatic rings. The Kier molecular flexibility index (Phi) is 26.3. The Balaban J connectivity index is 0.000000548. The molecule has 0 heterocycles. The summed E-state index contributed by atoms with van der Waals surface area (Å²) in [7, 11) is 3.09. The number of nitrogens with zero attached hydrogens (tertiary/aromatic N) is 3. The zero-order chi connectivity index (χ0) is 54.0. The summed E-state index contributed by atoms with van der Waals surface area (Å²) in [5.41, 5.74) is 17.8. The van der Waals surface area contributed by atoms with Crippen molar-refractivity contribution in [3.8, 4) is 0 Å². The smallest absolute Gasteiger partial charge is 0.407 e. The van der Waals surface area contributed by atoms with Crippen LogP contribution in [-0.4, -0.2) is 84.5 Å². The summed E-state index contributed by atoms with van der Waals surface area (Å²) in [6.45, 7) is 19.4. The van der Waals surface area contributed by atoms with Crippen molar-refractivity contribution in [2.75, 3.05) is 20.6 Å².